The number of benzene rings is 1. The molecule has 0 radical (unpaired) electrons. The summed E-state index contributed by atoms with van der Waals surface area (Å²) < 4.78 is 29.3. The largest absolute Gasteiger partial charge is 0.314 e. The highest BCUT2D eigenvalue weighted by Crippen LogP contribution is 1.96. The van der Waals surface area contributed by atoms with E-state index in [1.165, 1.54) is 5.56 Å². The van der Waals surface area contributed by atoms with Gasteiger partial charge in [0.05, 0.1) is 5.75 Å². The van der Waals surface area contributed by atoms with Crippen molar-refractivity contribution in [1.29, 1.82) is 0 Å². The van der Waals surface area contributed by atoms with Gasteiger partial charge in [0.15, 0.2) is 0 Å². The van der Waals surface area contributed by atoms with E-state index in [-0.39, 0.29) is 12.3 Å². The van der Waals surface area contributed by atoms with Crippen molar-refractivity contribution in [3.63, 3.8) is 0 Å². The van der Waals surface area contributed by atoms with Crippen molar-refractivity contribution in [2.45, 2.75) is 20.4 Å². The summed E-state index contributed by atoms with van der Waals surface area (Å²) in [7, 11) is -3.84. The van der Waals surface area contributed by atoms with E-state index in [0.717, 1.165) is 13.1 Å². The zero-order valence-electron chi connectivity index (χ0n) is 11.6. The highest BCUT2D eigenvalue weighted by molar-refractivity contribution is 7.85. The summed E-state index contributed by atoms with van der Waals surface area (Å²) in [5.41, 5.74) is 1.21. The lowest BCUT2D eigenvalue weighted by Gasteiger charge is -2.05. The molecule has 19 heavy (non-hydrogen) atoms. The molecule has 0 heterocycles. The molecule has 6 heteroatoms. The minimum absolute atomic E-state index is 0.244. The first-order valence-electron chi connectivity index (χ1n) is 6.48. The molecule has 0 atom stereocenters. The normalized spacial score (nSPS) is 10.7. The summed E-state index contributed by atoms with van der Waals surface area (Å²) in [6.07, 6.45) is 0. The fourth-order valence-corrected chi connectivity index (χ4v) is 1.73. The van der Waals surface area contributed by atoms with E-state index in [4.69, 9.17) is 4.55 Å². The van der Waals surface area contributed by atoms with Gasteiger partial charge in [-0.25, -0.2) is 0 Å². The van der Waals surface area contributed by atoms with E-state index in [1.54, 1.807) is 0 Å². The number of hydrogen-bond acceptors (Lipinski definition) is 4. The molecule has 0 aliphatic rings. The van der Waals surface area contributed by atoms with Crippen molar-refractivity contribution >= 4 is 10.1 Å². The van der Waals surface area contributed by atoms with E-state index in [9.17, 15) is 8.42 Å². The highest BCUT2D eigenvalue weighted by Gasteiger charge is 2.01. The minimum atomic E-state index is -3.84. The van der Waals surface area contributed by atoms with Crippen LogP contribution in [0.1, 0.15) is 19.4 Å². The summed E-state index contributed by atoms with van der Waals surface area (Å²) in [6.45, 7) is 6.48. The molecule has 1 aromatic carbocycles. The first-order valence-corrected chi connectivity index (χ1v) is 8.09. The third-order valence-electron chi connectivity index (χ3n) is 2.19. The van der Waals surface area contributed by atoms with Crippen LogP contribution in [0.25, 0.3) is 0 Å². The first-order chi connectivity index (χ1) is 9.08. The number of rotatable bonds is 8. The second-order valence-electron chi connectivity index (χ2n) is 3.70. The molecule has 0 saturated carbocycles. The van der Waals surface area contributed by atoms with Crippen LogP contribution in [0, 0.1) is 0 Å². The Kier molecular flexibility index (Phi) is 10.4. The van der Waals surface area contributed by atoms with Gasteiger partial charge >= 0.3 is 0 Å². The summed E-state index contributed by atoms with van der Waals surface area (Å²) in [4.78, 5) is 0. The topological polar surface area (TPSA) is 78.4 Å². The molecule has 0 unspecified atom stereocenters. The van der Waals surface area contributed by atoms with Crippen molar-refractivity contribution in [2.75, 3.05) is 25.4 Å². The van der Waals surface area contributed by atoms with E-state index in [1.807, 2.05) is 44.2 Å². The maximum atomic E-state index is 10.4. The zero-order valence-corrected chi connectivity index (χ0v) is 12.4. The van der Waals surface area contributed by atoms with Crippen molar-refractivity contribution in [2.24, 2.45) is 0 Å². The summed E-state index contributed by atoms with van der Waals surface area (Å²) in [5.74, 6) is -0.244. The van der Waals surface area contributed by atoms with Crippen LogP contribution in [0.2, 0.25) is 0 Å². The zero-order chi connectivity index (χ0) is 14.6. The molecule has 0 amide bonds. The third kappa shape index (κ3) is 11.9. The average molecular weight is 288 g/mol. The Hall–Kier alpha value is -0.950. The lowest BCUT2D eigenvalue weighted by atomic mass is 10.2. The van der Waals surface area contributed by atoms with Crippen molar-refractivity contribution in [1.82, 2.24) is 10.6 Å². The van der Waals surface area contributed by atoms with E-state index < -0.39 is 10.1 Å². The Morgan fingerprint density at radius 2 is 1.58 bits per heavy atom. The predicted octanol–water partition coefficient (Wildman–Crippen LogP) is 1.28. The van der Waals surface area contributed by atoms with Crippen LogP contribution in [0.5, 0.6) is 0 Å². The maximum absolute atomic E-state index is 10.4. The van der Waals surface area contributed by atoms with Gasteiger partial charge in [-0.2, -0.15) is 8.42 Å². The molecule has 0 aliphatic carbocycles. The average Bonchev–Trinajstić information content (AvgIpc) is 2.40. The summed E-state index contributed by atoms with van der Waals surface area (Å²) in [5, 5.41) is 6.15. The molecule has 110 valence electrons. The van der Waals surface area contributed by atoms with E-state index in [2.05, 4.69) is 10.6 Å². The van der Waals surface area contributed by atoms with Crippen molar-refractivity contribution in [3.8, 4) is 0 Å². The monoisotopic (exact) mass is 288 g/mol. The highest BCUT2D eigenvalue weighted by atomic mass is 32.2. The molecule has 0 spiro atoms. The molecule has 0 aliphatic heterocycles. The molecular weight excluding hydrogens is 264 g/mol. The molecule has 1 aromatic rings. The van der Waals surface area contributed by atoms with Gasteiger partial charge in [-0.3, -0.25) is 4.55 Å². The lowest BCUT2D eigenvalue weighted by molar-refractivity contribution is 0.480. The Bertz CT molecular complexity index is 407. The van der Waals surface area contributed by atoms with Gasteiger partial charge in [-0.1, -0.05) is 44.2 Å². The Balaban J connectivity index is 0.00000154. The van der Waals surface area contributed by atoms with E-state index >= 15 is 0 Å². The van der Waals surface area contributed by atoms with Gasteiger partial charge in [-0.05, 0) is 5.56 Å². The molecule has 0 saturated heterocycles. The predicted molar refractivity (Wildman–Crippen MR) is 78.8 cm³/mol. The third-order valence-corrected chi connectivity index (χ3v) is 2.91. The van der Waals surface area contributed by atoms with Crippen LogP contribution in [0.4, 0.5) is 0 Å². The first kappa shape index (κ1) is 18.0. The van der Waals surface area contributed by atoms with E-state index in [0.29, 0.717) is 6.54 Å². The Morgan fingerprint density at radius 1 is 1.00 bits per heavy atom. The van der Waals surface area contributed by atoms with Crippen LogP contribution >= 0.6 is 0 Å². The lowest BCUT2D eigenvalue weighted by Crippen LogP contribution is -2.30. The molecule has 0 bridgehead atoms. The molecular formula is C13H24N2O3S. The summed E-state index contributed by atoms with van der Waals surface area (Å²) >= 11 is 0. The van der Waals surface area contributed by atoms with Crippen molar-refractivity contribution < 1.29 is 13.0 Å². The van der Waals surface area contributed by atoms with Gasteiger partial charge in [0.2, 0.25) is 0 Å². The molecule has 0 fully saturated rings. The van der Waals surface area contributed by atoms with Crippen LogP contribution in [-0.4, -0.2) is 38.4 Å². The minimum Gasteiger partial charge on any atom is -0.314 e. The van der Waals surface area contributed by atoms with Crippen LogP contribution in [0.15, 0.2) is 30.3 Å². The maximum Gasteiger partial charge on any atom is 0.266 e. The van der Waals surface area contributed by atoms with Gasteiger partial charge < -0.3 is 10.6 Å². The quantitative estimate of drug-likeness (QED) is 0.496. The van der Waals surface area contributed by atoms with Gasteiger partial charge in [0.1, 0.15) is 0 Å². The van der Waals surface area contributed by atoms with Gasteiger partial charge in [-0.15, -0.1) is 0 Å². The second kappa shape index (κ2) is 10.9. The summed E-state index contributed by atoms with van der Waals surface area (Å²) in [6, 6.07) is 10.0. The van der Waals surface area contributed by atoms with Crippen LogP contribution < -0.4 is 10.6 Å². The molecule has 1 rings (SSSR count). The SMILES string of the molecule is CC.O=S(=O)(O)CCNCCNCc1ccccc1. The second-order valence-corrected chi connectivity index (χ2v) is 5.27. The smallest absolute Gasteiger partial charge is 0.266 e. The molecule has 3 N–H and O–H groups in total. The number of hydrogen-bond donors (Lipinski definition) is 3. The van der Waals surface area contributed by atoms with Gasteiger partial charge in [0.25, 0.3) is 10.1 Å². The Labute approximate surface area is 116 Å². The van der Waals surface area contributed by atoms with Gasteiger partial charge in [0, 0.05) is 26.2 Å². The van der Waals surface area contributed by atoms with Crippen LogP contribution in [0.3, 0.4) is 0 Å². The fraction of sp³-hybridized carbons (Fsp3) is 0.538. The van der Waals surface area contributed by atoms with Crippen LogP contribution in [-0.2, 0) is 16.7 Å². The standard InChI is InChI=1S/C11H18N2O3S.C2H6/c14-17(15,16)9-8-12-6-7-13-10-11-4-2-1-3-5-11;1-2/h1-5,12-13H,6-10H2,(H,14,15,16);1-2H3. The number of nitrogens with one attached hydrogen (secondary N) is 2. The van der Waals surface area contributed by atoms with Crippen molar-refractivity contribution in [3.05, 3.63) is 35.9 Å². The molecule has 5 nitrogen and oxygen atoms in total. The fourth-order valence-electron chi connectivity index (χ4n) is 1.33. The molecule has 0 aromatic heterocycles. The Morgan fingerprint density at radius 3 is 2.16 bits per heavy atom.